The number of carbonyl (C=O) groups excluding carboxylic acids is 2. The maximum Gasteiger partial charge on any atom is 0.466 e. The zero-order valence-corrected chi connectivity index (χ0v) is 8.99. The molecule has 84 valence electrons. The van der Waals surface area contributed by atoms with Crippen LogP contribution >= 0.6 is 0 Å². The van der Waals surface area contributed by atoms with Crippen molar-refractivity contribution in [1.82, 2.24) is 5.48 Å². The van der Waals surface area contributed by atoms with E-state index in [4.69, 9.17) is 0 Å². The lowest BCUT2D eigenvalue weighted by atomic mass is 10.3. The summed E-state index contributed by atoms with van der Waals surface area (Å²) < 4.78 is 0. The first kappa shape index (κ1) is 13.2. The molecule has 0 atom stereocenters. The highest BCUT2D eigenvalue weighted by atomic mass is 16.8. The number of nitrogens with one attached hydrogen (secondary N) is 1. The minimum absolute atomic E-state index is 0.170. The van der Waals surface area contributed by atoms with Crippen LogP contribution in [0.15, 0.2) is 17.3 Å². The molecule has 0 saturated heterocycles. The van der Waals surface area contributed by atoms with Gasteiger partial charge in [0, 0.05) is 5.57 Å². The summed E-state index contributed by atoms with van der Waals surface area (Å²) in [6.45, 7) is 8.34. The van der Waals surface area contributed by atoms with Crippen LogP contribution in [0.25, 0.3) is 0 Å². The van der Waals surface area contributed by atoms with Crippen LogP contribution in [0.2, 0.25) is 0 Å². The van der Waals surface area contributed by atoms with Gasteiger partial charge in [-0.2, -0.15) is 0 Å². The monoisotopic (exact) mass is 214 g/mol. The summed E-state index contributed by atoms with van der Waals surface area (Å²) in [4.78, 5) is 30.3. The molecule has 0 unspecified atom stereocenters. The summed E-state index contributed by atoms with van der Waals surface area (Å²) in [7, 11) is 0. The Labute approximate surface area is 87.9 Å². The molecule has 0 heterocycles. The van der Waals surface area contributed by atoms with Crippen molar-refractivity contribution in [3.05, 3.63) is 12.2 Å². The number of rotatable bonds is 3. The highest BCUT2D eigenvalue weighted by Gasteiger charge is 2.07. The quantitative estimate of drug-likeness (QED) is 0.334. The first-order valence-electron chi connectivity index (χ1n) is 4.34. The second-order valence-electron chi connectivity index (χ2n) is 2.83. The lowest BCUT2D eigenvalue weighted by Gasteiger charge is -2.02. The van der Waals surface area contributed by atoms with Gasteiger partial charge < -0.3 is 4.84 Å². The standard InChI is InChI=1S/C9H14N2O4/c1-5-7(4)10-15-9(13)11-14-8(12)6(2)3/h2,5H2,1,3-4H3,(H,11,13). The molecule has 0 fully saturated rings. The third kappa shape index (κ3) is 6.25. The number of hydrogen-bond acceptors (Lipinski definition) is 5. The molecule has 0 aromatic carbocycles. The first-order valence-corrected chi connectivity index (χ1v) is 4.34. The highest BCUT2D eigenvalue weighted by molar-refractivity contribution is 5.87. The molecule has 6 nitrogen and oxygen atoms in total. The van der Waals surface area contributed by atoms with E-state index in [1.54, 1.807) is 12.4 Å². The largest absolute Gasteiger partial charge is 0.466 e. The van der Waals surface area contributed by atoms with Crippen LogP contribution in [0.5, 0.6) is 0 Å². The van der Waals surface area contributed by atoms with Gasteiger partial charge in [-0.15, -0.1) is 5.48 Å². The minimum atomic E-state index is -0.961. The van der Waals surface area contributed by atoms with Crippen LogP contribution in [-0.2, 0) is 14.5 Å². The van der Waals surface area contributed by atoms with E-state index in [9.17, 15) is 9.59 Å². The van der Waals surface area contributed by atoms with Crippen LogP contribution in [0, 0.1) is 0 Å². The minimum Gasteiger partial charge on any atom is -0.333 e. The van der Waals surface area contributed by atoms with Crippen LogP contribution in [-0.4, -0.2) is 17.8 Å². The molecule has 0 radical (unpaired) electrons. The number of nitrogens with zero attached hydrogens (tertiary/aromatic N) is 1. The van der Waals surface area contributed by atoms with Gasteiger partial charge >= 0.3 is 12.1 Å². The summed E-state index contributed by atoms with van der Waals surface area (Å²) in [5, 5.41) is 3.46. The lowest BCUT2D eigenvalue weighted by molar-refractivity contribution is -0.144. The van der Waals surface area contributed by atoms with Gasteiger partial charge in [0.25, 0.3) is 0 Å². The lowest BCUT2D eigenvalue weighted by Crippen LogP contribution is -2.27. The van der Waals surface area contributed by atoms with Crippen molar-refractivity contribution in [2.75, 3.05) is 0 Å². The van der Waals surface area contributed by atoms with Crippen LogP contribution in [0.1, 0.15) is 27.2 Å². The molecule has 0 rings (SSSR count). The van der Waals surface area contributed by atoms with Crippen molar-refractivity contribution in [1.29, 1.82) is 0 Å². The van der Waals surface area contributed by atoms with E-state index in [0.717, 1.165) is 0 Å². The number of amides is 1. The molecule has 0 aliphatic carbocycles. The molecule has 6 heteroatoms. The maximum atomic E-state index is 10.8. The maximum absolute atomic E-state index is 10.8. The molecule has 0 bridgehead atoms. The molecule has 0 aliphatic heterocycles. The van der Waals surface area contributed by atoms with Crippen molar-refractivity contribution < 1.29 is 19.3 Å². The molecule has 0 aliphatic rings. The Bertz CT molecular complexity index is 296. The molecular formula is C9H14N2O4. The van der Waals surface area contributed by atoms with E-state index in [1.807, 2.05) is 6.92 Å². The molecule has 0 spiro atoms. The fourth-order valence-electron chi connectivity index (χ4n) is 0.378. The molecule has 15 heavy (non-hydrogen) atoms. The van der Waals surface area contributed by atoms with E-state index in [2.05, 4.69) is 21.4 Å². The third-order valence-corrected chi connectivity index (χ3v) is 1.37. The average molecular weight is 214 g/mol. The van der Waals surface area contributed by atoms with Gasteiger partial charge in [0.05, 0.1) is 5.71 Å². The molecule has 0 saturated carbocycles. The molecule has 0 aromatic heterocycles. The number of hydroxylamine groups is 1. The Kier molecular flexibility index (Phi) is 5.77. The van der Waals surface area contributed by atoms with E-state index >= 15 is 0 Å². The van der Waals surface area contributed by atoms with Gasteiger partial charge in [-0.05, 0) is 20.3 Å². The van der Waals surface area contributed by atoms with E-state index < -0.39 is 12.1 Å². The first-order chi connectivity index (χ1) is 6.97. The summed E-state index contributed by atoms with van der Waals surface area (Å²) in [5.74, 6) is -0.733. The van der Waals surface area contributed by atoms with E-state index in [0.29, 0.717) is 12.1 Å². The number of hydrogen-bond donors (Lipinski definition) is 1. The molecular weight excluding hydrogens is 200 g/mol. The second-order valence-corrected chi connectivity index (χ2v) is 2.83. The fraction of sp³-hybridized carbons (Fsp3) is 0.444. The van der Waals surface area contributed by atoms with Gasteiger partial charge in [-0.3, -0.25) is 4.84 Å². The van der Waals surface area contributed by atoms with Crippen molar-refractivity contribution in [2.45, 2.75) is 27.2 Å². The van der Waals surface area contributed by atoms with Crippen LogP contribution in [0.3, 0.4) is 0 Å². The van der Waals surface area contributed by atoms with Gasteiger partial charge in [0.1, 0.15) is 0 Å². The van der Waals surface area contributed by atoms with Crippen LogP contribution in [0.4, 0.5) is 4.79 Å². The Hall–Kier alpha value is -1.85. The van der Waals surface area contributed by atoms with Crippen molar-refractivity contribution >= 4 is 17.8 Å². The van der Waals surface area contributed by atoms with Crippen molar-refractivity contribution in [2.24, 2.45) is 5.16 Å². The number of oxime groups is 1. The zero-order valence-electron chi connectivity index (χ0n) is 8.99. The van der Waals surface area contributed by atoms with Crippen LogP contribution < -0.4 is 5.48 Å². The topological polar surface area (TPSA) is 77.0 Å². The second kappa shape index (κ2) is 6.58. The van der Waals surface area contributed by atoms with Crippen molar-refractivity contribution in [3.63, 3.8) is 0 Å². The summed E-state index contributed by atoms with van der Waals surface area (Å²) in [5.41, 5.74) is 2.58. The predicted molar refractivity (Wildman–Crippen MR) is 53.9 cm³/mol. The summed E-state index contributed by atoms with van der Waals surface area (Å²) in [6.07, 6.45) is -0.295. The van der Waals surface area contributed by atoms with Gasteiger partial charge in [-0.25, -0.2) is 9.59 Å². The SMILES string of the molecule is C=C(C)C(=O)ONC(=O)ON=C(C)CC. The Balaban J connectivity index is 3.86. The molecule has 0 aromatic rings. The normalized spacial score (nSPS) is 10.5. The zero-order chi connectivity index (χ0) is 11.8. The average Bonchev–Trinajstić information content (AvgIpc) is 2.21. The molecule has 1 amide bonds. The van der Waals surface area contributed by atoms with Gasteiger partial charge in [-0.1, -0.05) is 18.7 Å². The highest BCUT2D eigenvalue weighted by Crippen LogP contribution is 1.91. The summed E-state index contributed by atoms with van der Waals surface area (Å²) in [6, 6.07) is 0. The third-order valence-electron chi connectivity index (χ3n) is 1.37. The van der Waals surface area contributed by atoms with E-state index in [1.165, 1.54) is 6.92 Å². The Morgan fingerprint density at radius 3 is 2.47 bits per heavy atom. The van der Waals surface area contributed by atoms with Crippen molar-refractivity contribution in [3.8, 4) is 0 Å². The fourth-order valence-corrected chi connectivity index (χ4v) is 0.378. The Morgan fingerprint density at radius 2 is 2.00 bits per heavy atom. The smallest absolute Gasteiger partial charge is 0.333 e. The molecule has 1 N–H and O–H groups in total. The van der Waals surface area contributed by atoms with Gasteiger partial charge in [0.15, 0.2) is 0 Å². The summed E-state index contributed by atoms with van der Waals surface area (Å²) >= 11 is 0. The Morgan fingerprint density at radius 1 is 1.40 bits per heavy atom. The predicted octanol–water partition coefficient (Wildman–Crippen LogP) is 1.53. The number of carbonyl (C=O) groups is 2. The van der Waals surface area contributed by atoms with Gasteiger partial charge in [0.2, 0.25) is 0 Å². The van der Waals surface area contributed by atoms with E-state index in [-0.39, 0.29) is 5.57 Å².